The highest BCUT2D eigenvalue weighted by molar-refractivity contribution is 5.98. The molecule has 1 aromatic heterocycles. The van der Waals surface area contributed by atoms with Gasteiger partial charge in [-0.1, -0.05) is 5.16 Å². The molecular weight excluding hydrogens is 457 g/mol. The van der Waals surface area contributed by atoms with Crippen molar-refractivity contribution in [2.24, 2.45) is 5.16 Å². The van der Waals surface area contributed by atoms with Crippen LogP contribution < -0.4 is 14.3 Å². The Hall–Kier alpha value is -3.57. The van der Waals surface area contributed by atoms with E-state index in [0.717, 1.165) is 0 Å². The van der Waals surface area contributed by atoms with Crippen molar-refractivity contribution in [2.45, 2.75) is 46.1 Å². The predicted molar refractivity (Wildman–Crippen MR) is 115 cm³/mol. The van der Waals surface area contributed by atoms with Gasteiger partial charge in [0.2, 0.25) is 5.88 Å². The first-order chi connectivity index (χ1) is 16.2. The Kier molecular flexibility index (Phi) is 8.13. The Labute approximate surface area is 194 Å². The SMILES string of the molecule is CCOC(=O)N1CCC(Oc2ncnc(O/N=C(/C)c3ccc(OC(F)(F)F)cc3)c2C)CC1. The quantitative estimate of drug-likeness (QED) is 0.424. The van der Waals surface area contributed by atoms with E-state index in [4.69, 9.17) is 14.3 Å². The van der Waals surface area contributed by atoms with Crippen molar-refractivity contribution in [3.8, 4) is 17.5 Å². The highest BCUT2D eigenvalue weighted by Gasteiger charge is 2.31. The predicted octanol–water partition coefficient (Wildman–Crippen LogP) is 4.49. The third-order valence-electron chi connectivity index (χ3n) is 5.01. The first kappa shape index (κ1) is 25.1. The van der Waals surface area contributed by atoms with Gasteiger partial charge in [-0.3, -0.25) is 0 Å². The van der Waals surface area contributed by atoms with Crippen LogP contribution in [0.5, 0.6) is 17.5 Å². The van der Waals surface area contributed by atoms with E-state index in [2.05, 4.69) is 19.9 Å². The molecule has 1 saturated heterocycles. The molecule has 1 aliphatic heterocycles. The summed E-state index contributed by atoms with van der Waals surface area (Å²) in [4.78, 5) is 27.2. The van der Waals surface area contributed by atoms with Crippen LogP contribution in [0.1, 0.15) is 37.8 Å². The topological polar surface area (TPSA) is 95.4 Å². The molecule has 0 N–H and O–H groups in total. The second-order valence-corrected chi connectivity index (χ2v) is 7.45. The normalized spacial score (nSPS) is 15.1. The number of rotatable bonds is 7. The largest absolute Gasteiger partial charge is 0.573 e. The molecule has 184 valence electrons. The number of ether oxygens (including phenoxy) is 3. The smallest absolute Gasteiger partial charge is 0.474 e. The maximum absolute atomic E-state index is 12.3. The number of amides is 1. The van der Waals surface area contributed by atoms with E-state index in [0.29, 0.717) is 55.3 Å². The summed E-state index contributed by atoms with van der Waals surface area (Å²) in [6.07, 6.45) is -2.66. The lowest BCUT2D eigenvalue weighted by atomic mass is 10.1. The average molecular weight is 482 g/mol. The fourth-order valence-corrected chi connectivity index (χ4v) is 3.22. The van der Waals surface area contributed by atoms with Crippen molar-refractivity contribution in [1.29, 1.82) is 0 Å². The Morgan fingerprint density at radius 2 is 1.79 bits per heavy atom. The van der Waals surface area contributed by atoms with E-state index in [1.165, 1.54) is 30.6 Å². The van der Waals surface area contributed by atoms with Gasteiger partial charge in [-0.25, -0.2) is 9.78 Å². The molecule has 1 aliphatic rings. The monoisotopic (exact) mass is 482 g/mol. The number of alkyl halides is 3. The number of hydrogen-bond donors (Lipinski definition) is 0. The summed E-state index contributed by atoms with van der Waals surface area (Å²) in [7, 11) is 0. The van der Waals surface area contributed by atoms with E-state index in [-0.39, 0.29) is 23.8 Å². The molecule has 0 spiro atoms. The minimum atomic E-state index is -4.75. The number of piperidine rings is 1. The van der Waals surface area contributed by atoms with Crippen LogP contribution in [0.2, 0.25) is 0 Å². The molecule has 0 saturated carbocycles. The molecule has 3 rings (SSSR count). The maximum Gasteiger partial charge on any atom is 0.573 e. The van der Waals surface area contributed by atoms with Crippen molar-refractivity contribution in [3.05, 3.63) is 41.7 Å². The van der Waals surface area contributed by atoms with E-state index in [1.807, 2.05) is 0 Å². The van der Waals surface area contributed by atoms with Crippen LogP contribution in [0, 0.1) is 6.92 Å². The molecule has 1 amide bonds. The van der Waals surface area contributed by atoms with Gasteiger partial charge in [-0.2, -0.15) is 4.98 Å². The number of carbonyl (C=O) groups excluding carboxylic acids is 1. The molecule has 34 heavy (non-hydrogen) atoms. The fraction of sp³-hybridized carbons (Fsp3) is 0.455. The lowest BCUT2D eigenvalue weighted by molar-refractivity contribution is -0.274. The molecule has 0 radical (unpaired) electrons. The van der Waals surface area contributed by atoms with Crippen molar-refractivity contribution >= 4 is 11.8 Å². The van der Waals surface area contributed by atoms with Gasteiger partial charge in [-0.05, 0) is 50.6 Å². The van der Waals surface area contributed by atoms with Crippen LogP contribution in [0.4, 0.5) is 18.0 Å². The third-order valence-corrected chi connectivity index (χ3v) is 5.01. The molecule has 2 aromatic rings. The lowest BCUT2D eigenvalue weighted by Gasteiger charge is -2.31. The highest BCUT2D eigenvalue weighted by atomic mass is 19.4. The number of halogens is 3. The summed E-state index contributed by atoms with van der Waals surface area (Å²) in [6, 6.07) is 5.26. The minimum Gasteiger partial charge on any atom is -0.474 e. The minimum absolute atomic E-state index is 0.130. The molecule has 1 aromatic carbocycles. The number of likely N-dealkylation sites (tertiary alicyclic amines) is 1. The van der Waals surface area contributed by atoms with E-state index < -0.39 is 6.36 Å². The zero-order valence-corrected chi connectivity index (χ0v) is 19.0. The molecule has 0 aliphatic carbocycles. The standard InChI is InChI=1S/C22H25F3N4O5/c1-4-31-21(30)29-11-9-17(10-12-29)32-19-14(2)20(27-13-26-19)34-28-15(3)16-5-7-18(8-6-16)33-22(23,24)25/h5-8,13,17H,4,9-12H2,1-3H3/b28-15-. The summed E-state index contributed by atoms with van der Waals surface area (Å²) in [5.41, 5.74) is 1.51. The van der Waals surface area contributed by atoms with Crippen LogP contribution in [0.3, 0.4) is 0 Å². The van der Waals surface area contributed by atoms with Gasteiger partial charge in [0.25, 0.3) is 5.88 Å². The van der Waals surface area contributed by atoms with Gasteiger partial charge in [-0.15, -0.1) is 13.2 Å². The van der Waals surface area contributed by atoms with Gasteiger partial charge < -0.3 is 23.9 Å². The van der Waals surface area contributed by atoms with Crippen LogP contribution in [0.25, 0.3) is 0 Å². The van der Waals surface area contributed by atoms with Crippen molar-refractivity contribution in [1.82, 2.24) is 14.9 Å². The second kappa shape index (κ2) is 11.0. The number of benzene rings is 1. The molecule has 0 bridgehead atoms. The van der Waals surface area contributed by atoms with Crippen molar-refractivity contribution in [3.63, 3.8) is 0 Å². The maximum atomic E-state index is 12.3. The number of aromatic nitrogens is 2. The van der Waals surface area contributed by atoms with E-state index >= 15 is 0 Å². The first-order valence-electron chi connectivity index (χ1n) is 10.6. The van der Waals surface area contributed by atoms with E-state index in [1.54, 1.807) is 25.7 Å². The molecule has 0 atom stereocenters. The Balaban J connectivity index is 1.59. The zero-order valence-electron chi connectivity index (χ0n) is 19.0. The van der Waals surface area contributed by atoms with Crippen LogP contribution in [-0.2, 0) is 4.74 Å². The molecular formula is C22H25F3N4O5. The fourth-order valence-electron chi connectivity index (χ4n) is 3.22. The zero-order chi connectivity index (χ0) is 24.7. The first-order valence-corrected chi connectivity index (χ1v) is 10.6. The van der Waals surface area contributed by atoms with Gasteiger partial charge in [0.1, 0.15) is 18.2 Å². The summed E-state index contributed by atoms with van der Waals surface area (Å²) in [5.74, 6) is 0.206. The molecule has 9 nitrogen and oxygen atoms in total. The average Bonchev–Trinajstić information content (AvgIpc) is 2.79. The summed E-state index contributed by atoms with van der Waals surface area (Å²) in [5, 5.41) is 4.01. The Bertz CT molecular complexity index is 1010. The van der Waals surface area contributed by atoms with Crippen molar-refractivity contribution in [2.75, 3.05) is 19.7 Å². The number of nitrogens with zero attached hydrogens (tertiary/aromatic N) is 4. The number of hydrogen-bond acceptors (Lipinski definition) is 8. The lowest BCUT2D eigenvalue weighted by Crippen LogP contribution is -2.42. The second-order valence-electron chi connectivity index (χ2n) is 7.45. The van der Waals surface area contributed by atoms with E-state index in [9.17, 15) is 18.0 Å². The summed E-state index contributed by atoms with van der Waals surface area (Å²) >= 11 is 0. The van der Waals surface area contributed by atoms with Gasteiger partial charge in [0, 0.05) is 25.9 Å². The van der Waals surface area contributed by atoms with Crippen LogP contribution in [0.15, 0.2) is 35.7 Å². The molecule has 0 unspecified atom stereocenters. The highest BCUT2D eigenvalue weighted by Crippen LogP contribution is 2.26. The third kappa shape index (κ3) is 6.96. The Morgan fingerprint density at radius 1 is 1.15 bits per heavy atom. The van der Waals surface area contributed by atoms with Gasteiger partial charge >= 0.3 is 12.5 Å². The molecule has 1 fully saturated rings. The molecule has 12 heteroatoms. The number of oxime groups is 1. The molecule has 2 heterocycles. The summed E-state index contributed by atoms with van der Waals surface area (Å²) in [6.45, 7) is 6.51. The number of carbonyl (C=O) groups is 1. The summed E-state index contributed by atoms with van der Waals surface area (Å²) < 4.78 is 51.8. The van der Waals surface area contributed by atoms with Crippen LogP contribution >= 0.6 is 0 Å². The van der Waals surface area contributed by atoms with Crippen molar-refractivity contribution < 1.29 is 37.0 Å². The van der Waals surface area contributed by atoms with Crippen LogP contribution in [-0.4, -0.2) is 58.8 Å². The Morgan fingerprint density at radius 3 is 2.41 bits per heavy atom. The van der Waals surface area contributed by atoms with Gasteiger partial charge in [0.15, 0.2) is 0 Å². The van der Waals surface area contributed by atoms with Gasteiger partial charge in [0.05, 0.1) is 17.9 Å².